The zero-order valence-electron chi connectivity index (χ0n) is 7.74. The highest BCUT2D eigenvalue weighted by molar-refractivity contribution is 5.54. The van der Waals surface area contributed by atoms with Gasteiger partial charge in [0.2, 0.25) is 0 Å². The van der Waals surface area contributed by atoms with Crippen molar-refractivity contribution >= 4 is 0 Å². The normalized spacial score (nSPS) is 29.2. The molecular weight excluding hydrogens is 148 g/mol. The van der Waals surface area contributed by atoms with Crippen LogP contribution in [-0.2, 0) is 10.8 Å². The van der Waals surface area contributed by atoms with Gasteiger partial charge >= 0.3 is 0 Å². The van der Waals surface area contributed by atoms with E-state index >= 15 is 0 Å². The van der Waals surface area contributed by atoms with Crippen LogP contribution in [0.2, 0.25) is 0 Å². The zero-order chi connectivity index (χ0) is 8.56. The van der Waals surface area contributed by atoms with Crippen molar-refractivity contribution in [1.82, 2.24) is 0 Å². The molecule has 0 unspecified atom stereocenters. The summed E-state index contributed by atoms with van der Waals surface area (Å²) in [5.74, 6) is 0. The van der Waals surface area contributed by atoms with Gasteiger partial charge in [-0.05, 0) is 36.5 Å². The van der Waals surface area contributed by atoms with Crippen molar-refractivity contribution in [2.75, 3.05) is 0 Å². The third-order valence-corrected chi connectivity index (χ3v) is 3.85. The summed E-state index contributed by atoms with van der Waals surface area (Å²) in [5, 5.41) is 0. The molecule has 0 heterocycles. The Kier molecular flexibility index (Phi) is 0.886. The highest BCUT2D eigenvalue weighted by Gasteiger charge is 2.55. The van der Waals surface area contributed by atoms with Gasteiger partial charge in [0.1, 0.15) is 0 Å². The van der Waals surface area contributed by atoms with Crippen LogP contribution in [0.5, 0.6) is 0 Å². The molecule has 2 aliphatic carbocycles. The summed E-state index contributed by atoms with van der Waals surface area (Å²) in [4.78, 5) is 11.5. The van der Waals surface area contributed by atoms with Crippen LogP contribution in [0.1, 0.15) is 50.7 Å². The maximum absolute atomic E-state index is 11.5. The molecular formula is C11H14O. The molecule has 0 bridgehead atoms. The Labute approximate surface area is 72.5 Å². The summed E-state index contributed by atoms with van der Waals surface area (Å²) < 4.78 is 0. The molecule has 12 heavy (non-hydrogen) atoms. The van der Waals surface area contributed by atoms with Crippen LogP contribution in [-0.4, -0.2) is 0 Å². The van der Waals surface area contributed by atoms with E-state index in [-0.39, 0.29) is 0 Å². The van der Waals surface area contributed by atoms with Gasteiger partial charge in [0.05, 0.1) is 0 Å². The topological polar surface area (TPSA) is 17.1 Å². The van der Waals surface area contributed by atoms with Crippen molar-refractivity contribution in [3.8, 4) is 0 Å². The Morgan fingerprint density at radius 3 is 1.50 bits per heavy atom. The lowest BCUT2D eigenvalue weighted by Crippen LogP contribution is -1.98. The molecule has 0 aromatic heterocycles. The van der Waals surface area contributed by atoms with Crippen LogP contribution in [0.25, 0.3) is 0 Å². The molecule has 0 radical (unpaired) electrons. The molecule has 1 aromatic rings. The molecule has 2 saturated carbocycles. The molecule has 1 aromatic carbocycles. The molecule has 0 atom stereocenters. The molecule has 64 valence electrons. The van der Waals surface area contributed by atoms with E-state index in [1.807, 2.05) is 0 Å². The largest absolute Gasteiger partial charge is 0.289 e. The summed E-state index contributed by atoms with van der Waals surface area (Å²) >= 11 is 0. The van der Waals surface area contributed by atoms with Crippen LogP contribution >= 0.6 is 0 Å². The summed E-state index contributed by atoms with van der Waals surface area (Å²) in [6.45, 7) is 4.47. The second-order valence-electron chi connectivity index (χ2n) is 5.20. The summed E-state index contributed by atoms with van der Waals surface area (Å²) in [7, 11) is 0. The number of hydrogen-bond donors (Lipinski definition) is 0. The standard InChI is InChI=1S/C11H14O/c1-10(3-4-10)7-8(9(7)12)11(2)5-6-11/h3-6H2,1-2H3. The van der Waals surface area contributed by atoms with E-state index in [0.29, 0.717) is 16.3 Å². The van der Waals surface area contributed by atoms with Gasteiger partial charge in [-0.15, -0.1) is 0 Å². The first-order valence-electron chi connectivity index (χ1n) is 4.87. The SMILES string of the molecule is CC1(c2c(C3(C)CC3)c2=O)CC1. The lowest BCUT2D eigenvalue weighted by molar-refractivity contribution is 0.759. The first kappa shape index (κ1) is 6.88. The molecule has 0 aliphatic heterocycles. The van der Waals surface area contributed by atoms with E-state index in [9.17, 15) is 4.79 Å². The quantitative estimate of drug-likeness (QED) is 0.650. The van der Waals surface area contributed by atoms with E-state index in [2.05, 4.69) is 13.8 Å². The minimum Gasteiger partial charge on any atom is -0.289 e. The predicted octanol–water partition coefficient (Wildman–Crippen LogP) is 2.03. The highest BCUT2D eigenvalue weighted by Crippen LogP contribution is 2.57. The van der Waals surface area contributed by atoms with Crippen molar-refractivity contribution in [1.29, 1.82) is 0 Å². The Bertz CT molecular complexity index is 324. The van der Waals surface area contributed by atoms with Crippen LogP contribution in [0.3, 0.4) is 0 Å². The molecule has 0 amide bonds. The van der Waals surface area contributed by atoms with Gasteiger partial charge in [-0.1, -0.05) is 13.8 Å². The van der Waals surface area contributed by atoms with Gasteiger partial charge in [0.25, 0.3) is 0 Å². The third kappa shape index (κ3) is 0.675. The molecule has 2 aliphatic rings. The average molecular weight is 162 g/mol. The van der Waals surface area contributed by atoms with E-state index in [0.717, 1.165) is 0 Å². The Morgan fingerprint density at radius 2 is 1.25 bits per heavy atom. The van der Waals surface area contributed by atoms with Gasteiger partial charge in [0.15, 0.2) is 5.43 Å². The molecule has 2 fully saturated rings. The van der Waals surface area contributed by atoms with Gasteiger partial charge < -0.3 is 0 Å². The Morgan fingerprint density at radius 1 is 0.917 bits per heavy atom. The van der Waals surface area contributed by atoms with Crippen molar-refractivity contribution in [3.05, 3.63) is 21.4 Å². The molecule has 3 rings (SSSR count). The molecule has 0 saturated heterocycles. The average Bonchev–Trinajstić information content (AvgIpc) is 2.78. The Hall–Kier alpha value is -0.590. The molecule has 1 nitrogen and oxygen atoms in total. The van der Waals surface area contributed by atoms with Crippen LogP contribution in [0, 0.1) is 0 Å². The van der Waals surface area contributed by atoms with E-state index in [1.165, 1.54) is 36.8 Å². The number of hydrogen-bond acceptors (Lipinski definition) is 1. The minimum absolute atomic E-state index is 0.331. The fourth-order valence-electron chi connectivity index (χ4n) is 2.20. The van der Waals surface area contributed by atoms with Gasteiger partial charge in [-0.3, -0.25) is 4.79 Å². The van der Waals surface area contributed by atoms with Crippen molar-refractivity contribution in [3.63, 3.8) is 0 Å². The maximum Gasteiger partial charge on any atom is 0.186 e. The first-order chi connectivity index (χ1) is 5.57. The smallest absolute Gasteiger partial charge is 0.186 e. The van der Waals surface area contributed by atoms with E-state index in [4.69, 9.17) is 0 Å². The Balaban J connectivity index is 1.99. The molecule has 1 heteroatoms. The lowest BCUT2D eigenvalue weighted by Gasteiger charge is -2.01. The first-order valence-corrected chi connectivity index (χ1v) is 4.87. The van der Waals surface area contributed by atoms with E-state index in [1.54, 1.807) is 0 Å². The van der Waals surface area contributed by atoms with Crippen molar-refractivity contribution in [2.24, 2.45) is 0 Å². The van der Waals surface area contributed by atoms with Gasteiger partial charge in [-0.2, -0.15) is 0 Å². The summed E-state index contributed by atoms with van der Waals surface area (Å²) in [5.41, 5.74) is 3.54. The van der Waals surface area contributed by atoms with E-state index < -0.39 is 0 Å². The second kappa shape index (κ2) is 1.55. The second-order valence-corrected chi connectivity index (χ2v) is 5.20. The monoisotopic (exact) mass is 162 g/mol. The molecule has 0 N–H and O–H groups in total. The molecule has 0 spiro atoms. The zero-order valence-corrected chi connectivity index (χ0v) is 7.74. The maximum atomic E-state index is 11.5. The van der Waals surface area contributed by atoms with Crippen molar-refractivity contribution in [2.45, 2.75) is 50.4 Å². The fourth-order valence-corrected chi connectivity index (χ4v) is 2.20. The summed E-state index contributed by atoms with van der Waals surface area (Å²) in [6.07, 6.45) is 4.97. The third-order valence-electron chi connectivity index (χ3n) is 3.85. The highest BCUT2D eigenvalue weighted by atomic mass is 16.1. The van der Waals surface area contributed by atoms with Crippen LogP contribution in [0.4, 0.5) is 0 Å². The van der Waals surface area contributed by atoms with Crippen molar-refractivity contribution < 1.29 is 0 Å². The minimum atomic E-state index is 0.331. The van der Waals surface area contributed by atoms with Crippen LogP contribution < -0.4 is 5.43 Å². The lowest BCUT2D eigenvalue weighted by atomic mass is 10.0. The van der Waals surface area contributed by atoms with Crippen LogP contribution in [0.15, 0.2) is 4.79 Å². The van der Waals surface area contributed by atoms with Gasteiger partial charge in [-0.25, -0.2) is 0 Å². The summed E-state index contributed by atoms with van der Waals surface area (Å²) in [6, 6.07) is 0. The predicted molar refractivity (Wildman–Crippen MR) is 48.3 cm³/mol. The fraction of sp³-hybridized carbons (Fsp3) is 0.727. The van der Waals surface area contributed by atoms with Gasteiger partial charge in [0, 0.05) is 11.1 Å². The number of rotatable bonds is 2.